The fourth-order valence-corrected chi connectivity index (χ4v) is 2.33. The van der Waals surface area contributed by atoms with Crippen LogP contribution in [0.15, 0.2) is 60.9 Å². The number of rotatable bonds is 5. The molecule has 2 aromatic carbocycles. The predicted molar refractivity (Wildman–Crippen MR) is 94.1 cm³/mol. The summed E-state index contributed by atoms with van der Waals surface area (Å²) in [5, 5.41) is 5.79. The van der Waals surface area contributed by atoms with Crippen molar-refractivity contribution in [1.82, 2.24) is 15.3 Å². The minimum atomic E-state index is -0.391. The van der Waals surface area contributed by atoms with Crippen LogP contribution in [-0.4, -0.2) is 15.9 Å². The molecule has 5 nitrogen and oxygen atoms in total. The molecule has 0 bridgehead atoms. The number of carbonyl (C=O) groups is 1. The fourth-order valence-electron chi connectivity index (χ4n) is 2.33. The SMILES string of the molecule is Cc1cccc(Nc2cc(C(=O)NCc3ccccc3F)ncn2)c1. The van der Waals surface area contributed by atoms with E-state index in [9.17, 15) is 9.18 Å². The number of anilines is 2. The number of aromatic nitrogens is 2. The maximum atomic E-state index is 13.6. The van der Waals surface area contributed by atoms with Crippen molar-refractivity contribution in [3.05, 3.63) is 83.6 Å². The summed E-state index contributed by atoms with van der Waals surface area (Å²) >= 11 is 0. The van der Waals surface area contributed by atoms with Crippen molar-refractivity contribution >= 4 is 17.4 Å². The molecule has 25 heavy (non-hydrogen) atoms. The van der Waals surface area contributed by atoms with Crippen molar-refractivity contribution in [2.45, 2.75) is 13.5 Å². The molecule has 3 rings (SSSR count). The maximum Gasteiger partial charge on any atom is 0.270 e. The lowest BCUT2D eigenvalue weighted by Crippen LogP contribution is -2.24. The molecule has 1 aromatic heterocycles. The second kappa shape index (κ2) is 7.53. The summed E-state index contributed by atoms with van der Waals surface area (Å²) in [4.78, 5) is 20.3. The van der Waals surface area contributed by atoms with Crippen molar-refractivity contribution < 1.29 is 9.18 Å². The number of carbonyl (C=O) groups excluding carboxylic acids is 1. The van der Waals surface area contributed by atoms with Gasteiger partial charge in [0.25, 0.3) is 5.91 Å². The zero-order valence-corrected chi connectivity index (χ0v) is 13.7. The molecule has 0 aliphatic carbocycles. The highest BCUT2D eigenvalue weighted by molar-refractivity contribution is 5.92. The van der Waals surface area contributed by atoms with E-state index >= 15 is 0 Å². The molecule has 1 heterocycles. The summed E-state index contributed by atoms with van der Waals surface area (Å²) in [5.74, 6) is -0.234. The molecule has 2 N–H and O–H groups in total. The molecule has 126 valence electrons. The summed E-state index contributed by atoms with van der Waals surface area (Å²) in [6, 6.07) is 15.7. The Balaban J connectivity index is 1.68. The summed E-state index contributed by atoms with van der Waals surface area (Å²) in [5.41, 5.74) is 2.61. The van der Waals surface area contributed by atoms with E-state index in [1.165, 1.54) is 12.4 Å². The molecule has 0 radical (unpaired) electrons. The third kappa shape index (κ3) is 4.38. The molecule has 0 aliphatic heterocycles. The van der Waals surface area contributed by atoms with Gasteiger partial charge in [-0.15, -0.1) is 0 Å². The van der Waals surface area contributed by atoms with Gasteiger partial charge in [-0.2, -0.15) is 0 Å². The summed E-state index contributed by atoms with van der Waals surface area (Å²) in [6.45, 7) is 2.09. The third-order valence-corrected chi connectivity index (χ3v) is 3.59. The molecule has 0 atom stereocenters. The van der Waals surface area contributed by atoms with Crippen LogP contribution >= 0.6 is 0 Å². The summed E-state index contributed by atoms with van der Waals surface area (Å²) < 4.78 is 13.6. The Bertz CT molecular complexity index is 898. The molecule has 6 heteroatoms. The number of halogens is 1. The lowest BCUT2D eigenvalue weighted by Gasteiger charge is -2.08. The van der Waals surface area contributed by atoms with Crippen LogP contribution in [-0.2, 0) is 6.54 Å². The fraction of sp³-hybridized carbons (Fsp3) is 0.105. The number of hydrogen-bond acceptors (Lipinski definition) is 4. The average Bonchev–Trinajstić information content (AvgIpc) is 2.61. The normalized spacial score (nSPS) is 10.3. The zero-order chi connectivity index (χ0) is 17.6. The van der Waals surface area contributed by atoms with Crippen molar-refractivity contribution in [2.24, 2.45) is 0 Å². The van der Waals surface area contributed by atoms with Gasteiger partial charge >= 0.3 is 0 Å². The van der Waals surface area contributed by atoms with E-state index in [1.54, 1.807) is 24.3 Å². The zero-order valence-electron chi connectivity index (χ0n) is 13.7. The van der Waals surface area contributed by atoms with Crippen LogP contribution < -0.4 is 10.6 Å². The van der Waals surface area contributed by atoms with Crippen molar-refractivity contribution in [3.8, 4) is 0 Å². The van der Waals surface area contributed by atoms with E-state index in [2.05, 4.69) is 20.6 Å². The van der Waals surface area contributed by atoms with E-state index in [4.69, 9.17) is 0 Å². The Morgan fingerprint density at radius 1 is 1.08 bits per heavy atom. The maximum absolute atomic E-state index is 13.6. The van der Waals surface area contributed by atoms with Gasteiger partial charge in [0, 0.05) is 23.9 Å². The quantitative estimate of drug-likeness (QED) is 0.747. The molecule has 0 saturated carbocycles. The molecule has 0 spiro atoms. The van der Waals surface area contributed by atoms with E-state index in [0.717, 1.165) is 11.3 Å². The van der Waals surface area contributed by atoms with Crippen LogP contribution in [0.25, 0.3) is 0 Å². The van der Waals surface area contributed by atoms with Crippen molar-refractivity contribution in [2.75, 3.05) is 5.32 Å². The summed E-state index contributed by atoms with van der Waals surface area (Å²) in [6.07, 6.45) is 1.32. The van der Waals surface area contributed by atoms with Crippen LogP contribution in [0, 0.1) is 12.7 Å². The average molecular weight is 336 g/mol. The van der Waals surface area contributed by atoms with E-state index in [0.29, 0.717) is 11.4 Å². The Labute approximate surface area is 145 Å². The van der Waals surface area contributed by atoms with Gasteiger partial charge in [-0.05, 0) is 30.7 Å². The Morgan fingerprint density at radius 3 is 2.72 bits per heavy atom. The second-order valence-electron chi connectivity index (χ2n) is 5.56. The number of nitrogens with one attached hydrogen (secondary N) is 2. The predicted octanol–water partition coefficient (Wildman–Crippen LogP) is 3.60. The minimum absolute atomic E-state index is 0.0934. The topological polar surface area (TPSA) is 66.9 Å². The van der Waals surface area contributed by atoms with Gasteiger partial charge in [0.2, 0.25) is 0 Å². The number of benzene rings is 2. The van der Waals surface area contributed by atoms with Crippen LogP contribution in [0.1, 0.15) is 21.6 Å². The first-order valence-corrected chi connectivity index (χ1v) is 7.79. The summed E-state index contributed by atoms with van der Waals surface area (Å²) in [7, 11) is 0. The lowest BCUT2D eigenvalue weighted by atomic mass is 10.2. The molecule has 1 amide bonds. The van der Waals surface area contributed by atoms with Gasteiger partial charge in [0.1, 0.15) is 23.7 Å². The standard InChI is InChI=1S/C19H17FN4O/c1-13-5-4-7-15(9-13)24-18-10-17(22-12-23-18)19(25)21-11-14-6-2-3-8-16(14)20/h2-10,12H,11H2,1H3,(H,21,25)(H,22,23,24). The van der Waals surface area contributed by atoms with E-state index in [1.807, 2.05) is 31.2 Å². The molecule has 0 saturated heterocycles. The smallest absolute Gasteiger partial charge is 0.270 e. The first-order chi connectivity index (χ1) is 12.1. The number of aryl methyl sites for hydroxylation is 1. The highest BCUT2D eigenvalue weighted by atomic mass is 19.1. The highest BCUT2D eigenvalue weighted by Crippen LogP contribution is 2.16. The monoisotopic (exact) mass is 336 g/mol. The van der Waals surface area contributed by atoms with Crippen LogP contribution in [0.3, 0.4) is 0 Å². The largest absolute Gasteiger partial charge is 0.347 e. The Morgan fingerprint density at radius 2 is 1.92 bits per heavy atom. The second-order valence-corrected chi connectivity index (χ2v) is 5.56. The van der Waals surface area contributed by atoms with Crippen molar-refractivity contribution in [1.29, 1.82) is 0 Å². The molecule has 0 aliphatic rings. The van der Waals surface area contributed by atoms with Gasteiger partial charge < -0.3 is 10.6 Å². The Hall–Kier alpha value is -3.28. The number of amides is 1. The lowest BCUT2D eigenvalue weighted by molar-refractivity contribution is 0.0945. The molecule has 0 fully saturated rings. The highest BCUT2D eigenvalue weighted by Gasteiger charge is 2.10. The first-order valence-electron chi connectivity index (χ1n) is 7.79. The number of nitrogens with zero attached hydrogens (tertiary/aromatic N) is 2. The van der Waals surface area contributed by atoms with Gasteiger partial charge in [-0.25, -0.2) is 14.4 Å². The van der Waals surface area contributed by atoms with Crippen LogP contribution in [0.4, 0.5) is 15.9 Å². The third-order valence-electron chi connectivity index (χ3n) is 3.59. The first kappa shape index (κ1) is 16.6. The van der Waals surface area contributed by atoms with E-state index in [-0.39, 0.29) is 18.1 Å². The molecule has 0 unspecified atom stereocenters. The van der Waals surface area contributed by atoms with Crippen LogP contribution in [0.5, 0.6) is 0 Å². The molecule has 3 aromatic rings. The van der Waals surface area contributed by atoms with Gasteiger partial charge in [-0.1, -0.05) is 30.3 Å². The number of hydrogen-bond donors (Lipinski definition) is 2. The van der Waals surface area contributed by atoms with Crippen molar-refractivity contribution in [3.63, 3.8) is 0 Å². The minimum Gasteiger partial charge on any atom is -0.347 e. The van der Waals surface area contributed by atoms with Gasteiger partial charge in [-0.3, -0.25) is 4.79 Å². The van der Waals surface area contributed by atoms with E-state index < -0.39 is 5.91 Å². The molecular formula is C19H17FN4O. The Kier molecular flexibility index (Phi) is 4.99. The molecular weight excluding hydrogens is 319 g/mol. The van der Waals surface area contributed by atoms with Gasteiger partial charge in [0.05, 0.1) is 0 Å². The van der Waals surface area contributed by atoms with Gasteiger partial charge in [0.15, 0.2) is 0 Å². The van der Waals surface area contributed by atoms with Crippen LogP contribution in [0.2, 0.25) is 0 Å².